The Bertz CT molecular complexity index is 1130. The number of benzene rings is 1. The van der Waals surface area contributed by atoms with E-state index in [1.807, 2.05) is 13.8 Å². The van der Waals surface area contributed by atoms with Crippen LogP contribution in [0.15, 0.2) is 29.2 Å². The van der Waals surface area contributed by atoms with Gasteiger partial charge in [0.25, 0.3) is 5.56 Å². The van der Waals surface area contributed by atoms with Gasteiger partial charge in [0.2, 0.25) is 0 Å². The molecule has 0 saturated carbocycles. The van der Waals surface area contributed by atoms with Crippen LogP contribution in [0.2, 0.25) is 5.02 Å². The van der Waals surface area contributed by atoms with Crippen LogP contribution in [0.3, 0.4) is 0 Å². The van der Waals surface area contributed by atoms with E-state index in [9.17, 15) is 19.4 Å². The number of nitrogens with zero attached hydrogens (tertiary/aromatic N) is 2. The van der Waals surface area contributed by atoms with E-state index in [4.69, 9.17) is 21.1 Å². The first kappa shape index (κ1) is 20.9. The zero-order valence-electron chi connectivity index (χ0n) is 16.1. The number of ether oxygens (including phenoxy) is 2. The average molecular weight is 423 g/mol. The number of methoxy groups -OCH3 is 1. The summed E-state index contributed by atoms with van der Waals surface area (Å²) in [6.07, 6.45) is 1.46. The molecule has 3 rings (SSSR count). The first-order chi connectivity index (χ1) is 13.8. The number of hydrogen-bond acceptors (Lipinski definition) is 6. The first-order valence-electron chi connectivity index (χ1n) is 8.82. The van der Waals surface area contributed by atoms with Crippen LogP contribution in [-0.2, 0) is 6.54 Å². The summed E-state index contributed by atoms with van der Waals surface area (Å²) in [4.78, 5) is 17.6. The van der Waals surface area contributed by atoms with Crippen molar-refractivity contribution in [2.75, 3.05) is 13.9 Å². The number of pyridine rings is 2. The molecular formula is C20H20ClFN2O5. The highest BCUT2D eigenvalue weighted by Crippen LogP contribution is 2.44. The molecular weight excluding hydrogens is 403 g/mol. The van der Waals surface area contributed by atoms with Gasteiger partial charge in [-0.3, -0.25) is 9.36 Å². The highest BCUT2D eigenvalue weighted by molar-refractivity contribution is 6.32. The molecule has 1 aromatic carbocycles. The maximum absolute atomic E-state index is 14.8. The highest BCUT2D eigenvalue weighted by atomic mass is 35.5. The number of hydrogen-bond donors (Lipinski definition) is 2. The Morgan fingerprint density at radius 1 is 1.28 bits per heavy atom. The van der Waals surface area contributed by atoms with E-state index in [-0.39, 0.29) is 51.1 Å². The minimum Gasteiger partial charge on any atom is -0.506 e. The minimum atomic E-state index is -0.844. The minimum absolute atomic E-state index is 0.0251. The SMILES string of the molecule is COc1ccnc2c1c(O)c(-c1c(F)ccc(Cl)c1OCO)c(=O)n2CC(C)C. The Morgan fingerprint density at radius 3 is 2.62 bits per heavy atom. The second-order valence-electron chi connectivity index (χ2n) is 6.75. The van der Waals surface area contributed by atoms with E-state index in [1.165, 1.54) is 30.0 Å². The molecule has 29 heavy (non-hydrogen) atoms. The summed E-state index contributed by atoms with van der Waals surface area (Å²) in [6, 6.07) is 3.81. The number of aromatic hydroxyl groups is 1. The largest absolute Gasteiger partial charge is 0.506 e. The number of aromatic nitrogens is 2. The molecule has 0 fully saturated rings. The second kappa shape index (κ2) is 8.26. The van der Waals surface area contributed by atoms with Crippen LogP contribution in [0.1, 0.15) is 13.8 Å². The fourth-order valence-corrected chi connectivity index (χ4v) is 3.43. The van der Waals surface area contributed by atoms with Crippen molar-refractivity contribution < 1.29 is 24.1 Å². The molecule has 0 aliphatic carbocycles. The van der Waals surface area contributed by atoms with Crippen LogP contribution in [0.4, 0.5) is 4.39 Å². The summed E-state index contributed by atoms with van der Waals surface area (Å²) in [5.41, 5.74) is -1.17. The molecule has 0 bridgehead atoms. The molecule has 0 saturated heterocycles. The highest BCUT2D eigenvalue weighted by Gasteiger charge is 2.27. The van der Waals surface area contributed by atoms with Gasteiger partial charge in [0.15, 0.2) is 12.5 Å². The summed E-state index contributed by atoms with van der Waals surface area (Å²) < 4.78 is 26.6. The summed E-state index contributed by atoms with van der Waals surface area (Å²) in [6.45, 7) is 3.28. The van der Waals surface area contributed by atoms with Crippen molar-refractivity contribution in [2.45, 2.75) is 20.4 Å². The molecule has 7 nitrogen and oxygen atoms in total. The molecule has 0 atom stereocenters. The molecule has 2 heterocycles. The Kier molecular flexibility index (Phi) is 5.95. The van der Waals surface area contributed by atoms with Crippen molar-refractivity contribution in [1.29, 1.82) is 0 Å². The van der Waals surface area contributed by atoms with Crippen molar-refractivity contribution in [2.24, 2.45) is 5.92 Å². The zero-order chi connectivity index (χ0) is 21.3. The van der Waals surface area contributed by atoms with Gasteiger partial charge in [-0.15, -0.1) is 0 Å². The maximum Gasteiger partial charge on any atom is 0.264 e. The number of halogens is 2. The van der Waals surface area contributed by atoms with E-state index in [2.05, 4.69) is 4.98 Å². The van der Waals surface area contributed by atoms with Gasteiger partial charge in [-0.25, -0.2) is 9.37 Å². The second-order valence-corrected chi connectivity index (χ2v) is 7.16. The number of rotatable bonds is 6. The predicted octanol–water partition coefficient (Wildman–Crippen LogP) is 3.55. The third-order valence-electron chi connectivity index (χ3n) is 4.37. The topological polar surface area (TPSA) is 93.8 Å². The first-order valence-corrected chi connectivity index (χ1v) is 9.20. The summed E-state index contributed by atoms with van der Waals surface area (Å²) in [7, 11) is 1.41. The molecule has 2 aromatic heterocycles. The molecule has 9 heteroatoms. The van der Waals surface area contributed by atoms with Crippen LogP contribution in [0, 0.1) is 11.7 Å². The van der Waals surface area contributed by atoms with E-state index in [0.29, 0.717) is 0 Å². The molecule has 0 spiro atoms. The smallest absolute Gasteiger partial charge is 0.264 e. The van der Waals surface area contributed by atoms with Gasteiger partial charge in [-0.2, -0.15) is 0 Å². The summed E-state index contributed by atoms with van der Waals surface area (Å²) in [5, 5.41) is 20.3. The van der Waals surface area contributed by atoms with Crippen molar-refractivity contribution in [3.05, 3.63) is 45.6 Å². The lowest BCUT2D eigenvalue weighted by Gasteiger charge is -2.19. The number of fused-ring (bicyclic) bond motifs is 1. The normalized spacial score (nSPS) is 11.3. The van der Waals surface area contributed by atoms with Gasteiger partial charge in [0.05, 0.1) is 23.3 Å². The quantitative estimate of drug-likeness (QED) is 0.590. The fourth-order valence-electron chi connectivity index (χ4n) is 3.22. The predicted molar refractivity (Wildman–Crippen MR) is 107 cm³/mol. The van der Waals surface area contributed by atoms with Crippen LogP contribution in [-0.4, -0.2) is 33.7 Å². The van der Waals surface area contributed by atoms with Gasteiger partial charge in [-0.05, 0) is 24.1 Å². The average Bonchev–Trinajstić information content (AvgIpc) is 2.69. The monoisotopic (exact) mass is 422 g/mol. The van der Waals surface area contributed by atoms with E-state index >= 15 is 0 Å². The lowest BCUT2D eigenvalue weighted by Crippen LogP contribution is -2.26. The van der Waals surface area contributed by atoms with Gasteiger partial charge in [-0.1, -0.05) is 25.4 Å². The van der Waals surface area contributed by atoms with E-state index in [0.717, 1.165) is 6.07 Å². The zero-order valence-corrected chi connectivity index (χ0v) is 16.8. The van der Waals surface area contributed by atoms with Gasteiger partial charge in [0.1, 0.15) is 28.3 Å². The fraction of sp³-hybridized carbons (Fsp3) is 0.300. The van der Waals surface area contributed by atoms with Crippen molar-refractivity contribution in [3.63, 3.8) is 0 Å². The summed E-state index contributed by atoms with van der Waals surface area (Å²) >= 11 is 6.11. The number of aliphatic hydroxyl groups is 1. The molecule has 154 valence electrons. The Hall–Kier alpha value is -2.84. The lowest BCUT2D eigenvalue weighted by molar-refractivity contribution is 0.0988. The van der Waals surface area contributed by atoms with Gasteiger partial charge >= 0.3 is 0 Å². The number of aliphatic hydroxyl groups excluding tert-OH is 1. The third kappa shape index (κ3) is 3.61. The molecule has 0 amide bonds. The van der Waals surface area contributed by atoms with Gasteiger partial charge in [0, 0.05) is 12.7 Å². The molecule has 0 radical (unpaired) electrons. The van der Waals surface area contributed by atoms with E-state index in [1.54, 1.807) is 0 Å². The molecule has 0 unspecified atom stereocenters. The Morgan fingerprint density at radius 2 is 2.00 bits per heavy atom. The lowest BCUT2D eigenvalue weighted by atomic mass is 10.0. The van der Waals surface area contributed by atoms with Crippen LogP contribution >= 0.6 is 11.6 Å². The molecule has 3 aromatic rings. The standard InChI is InChI=1S/C20H20ClFN2O5/c1-10(2)8-24-19-15(13(28-3)6-7-23-19)17(26)16(20(24)27)14-12(22)5-4-11(21)18(14)29-9-25/h4-7,10,25-26H,8-9H2,1-3H3. The third-order valence-corrected chi connectivity index (χ3v) is 4.66. The van der Waals surface area contributed by atoms with Crippen LogP contribution in [0.25, 0.3) is 22.2 Å². The van der Waals surface area contributed by atoms with E-state index < -0.39 is 23.9 Å². The molecule has 0 aliphatic heterocycles. The molecule has 0 aliphatic rings. The Labute approximate surface area is 170 Å². The Balaban J connectivity index is 2.54. The van der Waals surface area contributed by atoms with Crippen molar-refractivity contribution in [3.8, 4) is 28.4 Å². The van der Waals surface area contributed by atoms with Crippen LogP contribution in [0.5, 0.6) is 17.2 Å². The molecule has 2 N–H and O–H groups in total. The van der Waals surface area contributed by atoms with Gasteiger partial charge < -0.3 is 19.7 Å². The summed E-state index contributed by atoms with van der Waals surface area (Å²) in [5.74, 6) is -1.29. The van der Waals surface area contributed by atoms with Crippen molar-refractivity contribution in [1.82, 2.24) is 9.55 Å². The maximum atomic E-state index is 14.8. The van der Waals surface area contributed by atoms with Crippen molar-refractivity contribution >= 4 is 22.6 Å². The van der Waals surface area contributed by atoms with Crippen LogP contribution < -0.4 is 15.0 Å².